The summed E-state index contributed by atoms with van der Waals surface area (Å²) in [5.41, 5.74) is 5.19. The Morgan fingerprint density at radius 1 is 1.67 bits per heavy atom. The van der Waals surface area contributed by atoms with Crippen LogP contribution in [-0.2, 0) is 0 Å². The van der Waals surface area contributed by atoms with E-state index in [0.29, 0.717) is 18.8 Å². The molecule has 0 aliphatic carbocycles. The van der Waals surface area contributed by atoms with Crippen molar-refractivity contribution in [3.8, 4) is 6.07 Å². The van der Waals surface area contributed by atoms with Crippen LogP contribution in [0.4, 0.5) is 5.82 Å². The van der Waals surface area contributed by atoms with Crippen LogP contribution in [0, 0.1) is 11.3 Å². The number of amides is 1. The van der Waals surface area contributed by atoms with Gasteiger partial charge in [0.2, 0.25) is 0 Å². The SMILES string of the molecule is CN(CCC#N)c1cncc(C(N)=O)n1. The topological polar surface area (TPSA) is 95.9 Å². The quantitative estimate of drug-likeness (QED) is 0.741. The van der Waals surface area contributed by atoms with Crippen LogP contribution in [0.2, 0.25) is 0 Å². The molecule has 78 valence electrons. The molecule has 0 radical (unpaired) electrons. The van der Waals surface area contributed by atoms with E-state index in [1.165, 1.54) is 12.4 Å². The minimum atomic E-state index is -0.613. The van der Waals surface area contributed by atoms with E-state index in [0.717, 1.165) is 0 Å². The third-order valence-electron chi connectivity index (χ3n) is 1.82. The molecule has 0 atom stereocenters. The Labute approximate surface area is 87.3 Å². The zero-order chi connectivity index (χ0) is 11.3. The van der Waals surface area contributed by atoms with Gasteiger partial charge >= 0.3 is 0 Å². The minimum Gasteiger partial charge on any atom is -0.364 e. The molecule has 0 unspecified atom stereocenters. The summed E-state index contributed by atoms with van der Waals surface area (Å²) in [7, 11) is 1.77. The van der Waals surface area contributed by atoms with E-state index in [2.05, 4.69) is 9.97 Å². The summed E-state index contributed by atoms with van der Waals surface area (Å²) in [6.45, 7) is 0.535. The predicted octanol–water partition coefficient (Wildman–Crippen LogP) is -0.0746. The van der Waals surface area contributed by atoms with E-state index < -0.39 is 5.91 Å². The standard InChI is InChI=1S/C9H11N5O/c1-14(4-2-3-10)8-6-12-5-7(13-8)9(11)15/h5-6H,2,4H2,1H3,(H2,11,15). The van der Waals surface area contributed by atoms with E-state index in [1.807, 2.05) is 6.07 Å². The third kappa shape index (κ3) is 2.91. The lowest BCUT2D eigenvalue weighted by Gasteiger charge is -2.15. The Kier molecular flexibility index (Phi) is 3.57. The van der Waals surface area contributed by atoms with E-state index in [9.17, 15) is 4.79 Å². The van der Waals surface area contributed by atoms with Gasteiger partial charge in [0.25, 0.3) is 5.91 Å². The molecule has 1 amide bonds. The summed E-state index contributed by atoms with van der Waals surface area (Å²) < 4.78 is 0. The van der Waals surface area contributed by atoms with Gasteiger partial charge in [0.15, 0.2) is 0 Å². The summed E-state index contributed by atoms with van der Waals surface area (Å²) in [6.07, 6.45) is 3.22. The van der Waals surface area contributed by atoms with Crippen molar-refractivity contribution in [2.75, 3.05) is 18.5 Å². The second-order valence-electron chi connectivity index (χ2n) is 2.96. The average molecular weight is 205 g/mol. The highest BCUT2D eigenvalue weighted by atomic mass is 16.1. The molecule has 0 aliphatic rings. The second-order valence-corrected chi connectivity index (χ2v) is 2.96. The predicted molar refractivity (Wildman–Crippen MR) is 54.0 cm³/mol. The molecule has 2 N–H and O–H groups in total. The number of nitrogens with two attached hydrogens (primary N) is 1. The van der Waals surface area contributed by atoms with Crippen molar-refractivity contribution in [1.82, 2.24) is 9.97 Å². The zero-order valence-electron chi connectivity index (χ0n) is 8.34. The monoisotopic (exact) mass is 205 g/mol. The smallest absolute Gasteiger partial charge is 0.268 e. The Hall–Kier alpha value is -2.16. The van der Waals surface area contributed by atoms with Crippen molar-refractivity contribution < 1.29 is 4.79 Å². The fourth-order valence-corrected chi connectivity index (χ4v) is 0.991. The van der Waals surface area contributed by atoms with Gasteiger partial charge < -0.3 is 10.6 Å². The molecule has 6 nitrogen and oxygen atoms in total. The number of carbonyl (C=O) groups excluding carboxylic acids is 1. The van der Waals surface area contributed by atoms with Crippen LogP contribution in [-0.4, -0.2) is 29.5 Å². The summed E-state index contributed by atoms with van der Waals surface area (Å²) in [6, 6.07) is 2.02. The van der Waals surface area contributed by atoms with Crippen LogP contribution in [0.1, 0.15) is 16.9 Å². The first kappa shape index (κ1) is 10.9. The van der Waals surface area contributed by atoms with E-state index in [-0.39, 0.29) is 5.69 Å². The van der Waals surface area contributed by atoms with Crippen molar-refractivity contribution in [2.24, 2.45) is 5.73 Å². The molecule has 1 rings (SSSR count). The highest BCUT2D eigenvalue weighted by Crippen LogP contribution is 2.07. The highest BCUT2D eigenvalue weighted by molar-refractivity contribution is 5.90. The molecule has 0 aliphatic heterocycles. The van der Waals surface area contributed by atoms with Gasteiger partial charge in [-0.1, -0.05) is 0 Å². The molecule has 6 heteroatoms. The lowest BCUT2D eigenvalue weighted by molar-refractivity contribution is 0.0995. The highest BCUT2D eigenvalue weighted by Gasteiger charge is 2.07. The molecule has 0 bridgehead atoms. The maximum absolute atomic E-state index is 10.8. The van der Waals surface area contributed by atoms with Crippen molar-refractivity contribution in [1.29, 1.82) is 5.26 Å². The van der Waals surface area contributed by atoms with Gasteiger partial charge in [0, 0.05) is 13.6 Å². The number of anilines is 1. The van der Waals surface area contributed by atoms with Crippen LogP contribution >= 0.6 is 0 Å². The van der Waals surface area contributed by atoms with Gasteiger partial charge in [0.05, 0.1) is 24.9 Å². The van der Waals surface area contributed by atoms with Crippen molar-refractivity contribution in [3.05, 3.63) is 18.1 Å². The second kappa shape index (κ2) is 4.91. The maximum atomic E-state index is 10.8. The van der Waals surface area contributed by atoms with Gasteiger partial charge in [-0.15, -0.1) is 0 Å². The molecular weight excluding hydrogens is 194 g/mol. The number of nitrogens with zero attached hydrogens (tertiary/aromatic N) is 4. The Morgan fingerprint density at radius 2 is 2.40 bits per heavy atom. The number of aromatic nitrogens is 2. The molecule has 1 heterocycles. The number of hydrogen-bond donors (Lipinski definition) is 1. The van der Waals surface area contributed by atoms with Gasteiger partial charge in [-0.2, -0.15) is 5.26 Å². The molecule has 0 aromatic carbocycles. The van der Waals surface area contributed by atoms with E-state index in [1.54, 1.807) is 11.9 Å². The molecule has 15 heavy (non-hydrogen) atoms. The molecule has 1 aromatic rings. The van der Waals surface area contributed by atoms with E-state index >= 15 is 0 Å². The number of hydrogen-bond acceptors (Lipinski definition) is 5. The first-order chi connectivity index (χ1) is 7.15. The summed E-state index contributed by atoms with van der Waals surface area (Å²) in [5, 5.41) is 8.42. The molecule has 0 saturated heterocycles. The van der Waals surface area contributed by atoms with Crippen LogP contribution < -0.4 is 10.6 Å². The third-order valence-corrected chi connectivity index (χ3v) is 1.82. The van der Waals surface area contributed by atoms with Crippen molar-refractivity contribution >= 4 is 11.7 Å². The van der Waals surface area contributed by atoms with E-state index in [4.69, 9.17) is 11.0 Å². The lowest BCUT2D eigenvalue weighted by Crippen LogP contribution is -2.22. The minimum absolute atomic E-state index is 0.122. The van der Waals surface area contributed by atoms with Crippen molar-refractivity contribution in [3.63, 3.8) is 0 Å². The molecule has 0 fully saturated rings. The van der Waals surface area contributed by atoms with Gasteiger partial charge in [-0.05, 0) is 0 Å². The number of primary amides is 1. The summed E-state index contributed by atoms with van der Waals surface area (Å²) in [5.74, 6) is -0.0837. The Balaban J connectivity index is 2.81. The maximum Gasteiger partial charge on any atom is 0.268 e. The molecule has 1 aromatic heterocycles. The number of rotatable bonds is 4. The first-order valence-corrected chi connectivity index (χ1v) is 4.35. The lowest BCUT2D eigenvalue weighted by atomic mass is 10.4. The average Bonchev–Trinajstić information content (AvgIpc) is 2.26. The largest absolute Gasteiger partial charge is 0.364 e. The first-order valence-electron chi connectivity index (χ1n) is 4.35. The molecule has 0 saturated carbocycles. The van der Waals surface area contributed by atoms with Crippen LogP contribution in [0.3, 0.4) is 0 Å². The van der Waals surface area contributed by atoms with Crippen LogP contribution in [0.15, 0.2) is 12.4 Å². The fourth-order valence-electron chi connectivity index (χ4n) is 0.991. The summed E-state index contributed by atoms with van der Waals surface area (Å²) in [4.78, 5) is 20.4. The van der Waals surface area contributed by atoms with Crippen LogP contribution in [0.25, 0.3) is 0 Å². The van der Waals surface area contributed by atoms with Gasteiger partial charge in [0.1, 0.15) is 11.5 Å². The normalized spacial score (nSPS) is 9.33. The van der Waals surface area contributed by atoms with Gasteiger partial charge in [-0.25, -0.2) is 4.98 Å². The van der Waals surface area contributed by atoms with Crippen LogP contribution in [0.5, 0.6) is 0 Å². The molecule has 0 spiro atoms. The molecular formula is C9H11N5O. The van der Waals surface area contributed by atoms with Gasteiger partial charge in [-0.3, -0.25) is 9.78 Å². The van der Waals surface area contributed by atoms with Crippen molar-refractivity contribution in [2.45, 2.75) is 6.42 Å². The zero-order valence-corrected chi connectivity index (χ0v) is 8.34. The Bertz CT molecular complexity index is 398. The summed E-state index contributed by atoms with van der Waals surface area (Å²) >= 11 is 0. The Morgan fingerprint density at radius 3 is 3.00 bits per heavy atom. The fraction of sp³-hybridized carbons (Fsp3) is 0.333. The number of carbonyl (C=O) groups is 1. The number of nitriles is 1.